The lowest BCUT2D eigenvalue weighted by Gasteiger charge is -2.33. The van der Waals surface area contributed by atoms with Crippen molar-refractivity contribution >= 4 is 34.3 Å². The average molecular weight is 526 g/mol. The number of carbonyl (C=O) groups excluding carboxylic acids is 2. The zero-order valence-electron chi connectivity index (χ0n) is 21.4. The maximum atomic E-state index is 13.8. The van der Waals surface area contributed by atoms with Crippen LogP contribution in [0.25, 0.3) is 10.9 Å². The summed E-state index contributed by atoms with van der Waals surface area (Å²) in [6, 6.07) is 28.4. The molecule has 6 heteroatoms. The van der Waals surface area contributed by atoms with Crippen LogP contribution in [-0.2, 0) is 11.3 Å². The van der Waals surface area contributed by atoms with E-state index < -0.39 is 0 Å². The number of amides is 2. The first-order chi connectivity index (χ1) is 18.6. The standard InChI is InChI=1S/C32H32ClN3O2/c33-28-12-10-23(11-13-28)21-36-29-9-5-4-8-26(29)20-30(36)32(38)34-17-14-25(15-18-34)31(37)35-19-16-27(22-35)24-6-2-1-3-7-24/h1-13,20,25,27H,14-19,21-22H2. The summed E-state index contributed by atoms with van der Waals surface area (Å²) in [5, 5.41) is 1.75. The Morgan fingerprint density at radius 1 is 0.789 bits per heavy atom. The van der Waals surface area contributed by atoms with Crippen molar-refractivity contribution in [2.45, 2.75) is 31.7 Å². The van der Waals surface area contributed by atoms with E-state index >= 15 is 0 Å². The molecule has 1 unspecified atom stereocenters. The molecule has 4 aromatic rings. The summed E-state index contributed by atoms with van der Waals surface area (Å²) in [5.41, 5.74) is 4.14. The molecule has 0 saturated carbocycles. The molecule has 2 aliphatic rings. The van der Waals surface area contributed by atoms with Crippen LogP contribution in [0.2, 0.25) is 5.02 Å². The van der Waals surface area contributed by atoms with E-state index in [0.29, 0.717) is 49.1 Å². The maximum absolute atomic E-state index is 13.8. The van der Waals surface area contributed by atoms with Crippen molar-refractivity contribution in [3.05, 3.63) is 107 Å². The second kappa shape index (κ2) is 10.7. The fourth-order valence-corrected chi connectivity index (χ4v) is 6.16. The maximum Gasteiger partial charge on any atom is 0.270 e. The summed E-state index contributed by atoms with van der Waals surface area (Å²) in [6.07, 6.45) is 2.45. The number of rotatable bonds is 5. The summed E-state index contributed by atoms with van der Waals surface area (Å²) in [4.78, 5) is 31.1. The molecule has 0 spiro atoms. The first kappa shape index (κ1) is 24.7. The van der Waals surface area contributed by atoms with Gasteiger partial charge in [0.25, 0.3) is 5.91 Å². The normalized spacial score (nSPS) is 18.3. The minimum absolute atomic E-state index is 0.00602. The molecule has 0 N–H and O–H groups in total. The van der Waals surface area contributed by atoms with Crippen molar-refractivity contribution in [1.82, 2.24) is 14.4 Å². The van der Waals surface area contributed by atoms with E-state index in [4.69, 9.17) is 11.6 Å². The summed E-state index contributed by atoms with van der Waals surface area (Å²) in [7, 11) is 0. The van der Waals surface area contributed by atoms with Gasteiger partial charge in [0.1, 0.15) is 5.69 Å². The lowest BCUT2D eigenvalue weighted by atomic mass is 9.95. The van der Waals surface area contributed by atoms with Crippen LogP contribution in [-0.4, -0.2) is 52.4 Å². The molecule has 1 atom stereocenters. The molecule has 2 aliphatic heterocycles. The first-order valence-electron chi connectivity index (χ1n) is 13.5. The molecule has 0 radical (unpaired) electrons. The number of halogens is 1. The largest absolute Gasteiger partial charge is 0.342 e. The van der Waals surface area contributed by atoms with Crippen molar-refractivity contribution in [3.63, 3.8) is 0 Å². The van der Waals surface area contributed by atoms with Crippen molar-refractivity contribution < 1.29 is 9.59 Å². The molecule has 1 aromatic heterocycles. The van der Waals surface area contributed by atoms with Crippen LogP contribution in [0.4, 0.5) is 0 Å². The van der Waals surface area contributed by atoms with Gasteiger partial charge in [-0.15, -0.1) is 0 Å². The molecular weight excluding hydrogens is 494 g/mol. The lowest BCUT2D eigenvalue weighted by Crippen LogP contribution is -2.44. The number of piperidine rings is 1. The third kappa shape index (κ3) is 4.95. The fraction of sp³-hybridized carbons (Fsp3) is 0.312. The molecular formula is C32H32ClN3O2. The number of benzene rings is 3. The number of nitrogens with zero attached hydrogens (tertiary/aromatic N) is 3. The highest BCUT2D eigenvalue weighted by atomic mass is 35.5. The van der Waals surface area contributed by atoms with E-state index in [-0.39, 0.29) is 17.7 Å². The van der Waals surface area contributed by atoms with Crippen LogP contribution >= 0.6 is 11.6 Å². The second-order valence-electron chi connectivity index (χ2n) is 10.5. The van der Waals surface area contributed by atoms with E-state index in [2.05, 4.69) is 34.9 Å². The number of aromatic nitrogens is 1. The summed E-state index contributed by atoms with van der Waals surface area (Å²) < 4.78 is 2.10. The number of hydrogen-bond acceptors (Lipinski definition) is 2. The molecule has 2 fully saturated rings. The van der Waals surface area contributed by atoms with E-state index in [1.54, 1.807) is 0 Å². The Hall–Kier alpha value is -3.57. The molecule has 194 valence electrons. The molecule has 2 amide bonds. The Balaban J connectivity index is 1.13. The van der Waals surface area contributed by atoms with Crippen molar-refractivity contribution in [3.8, 4) is 0 Å². The highest BCUT2D eigenvalue weighted by Gasteiger charge is 2.34. The van der Waals surface area contributed by atoms with Crippen molar-refractivity contribution in [1.29, 1.82) is 0 Å². The zero-order chi connectivity index (χ0) is 26.1. The zero-order valence-corrected chi connectivity index (χ0v) is 22.2. The molecule has 0 bridgehead atoms. The minimum atomic E-state index is -0.00602. The van der Waals surface area contributed by atoms with Gasteiger partial charge in [0.2, 0.25) is 5.91 Å². The van der Waals surface area contributed by atoms with Crippen LogP contribution in [0.1, 0.15) is 46.8 Å². The predicted octanol–water partition coefficient (Wildman–Crippen LogP) is 6.21. The monoisotopic (exact) mass is 525 g/mol. The molecule has 2 saturated heterocycles. The van der Waals surface area contributed by atoms with Crippen LogP contribution in [0, 0.1) is 5.92 Å². The summed E-state index contributed by atoms with van der Waals surface area (Å²) in [6.45, 7) is 3.43. The van der Waals surface area contributed by atoms with E-state index in [0.717, 1.165) is 36.0 Å². The van der Waals surface area contributed by atoms with Gasteiger partial charge in [-0.25, -0.2) is 0 Å². The summed E-state index contributed by atoms with van der Waals surface area (Å²) >= 11 is 6.09. The predicted molar refractivity (Wildman–Crippen MR) is 151 cm³/mol. The Morgan fingerprint density at radius 3 is 2.24 bits per heavy atom. The highest BCUT2D eigenvalue weighted by molar-refractivity contribution is 6.30. The molecule has 6 rings (SSSR count). The third-order valence-corrected chi connectivity index (χ3v) is 8.44. The lowest BCUT2D eigenvalue weighted by molar-refractivity contribution is -0.135. The highest BCUT2D eigenvalue weighted by Crippen LogP contribution is 2.31. The average Bonchev–Trinajstić information content (AvgIpc) is 3.60. The number of para-hydroxylation sites is 1. The first-order valence-corrected chi connectivity index (χ1v) is 13.9. The second-order valence-corrected chi connectivity index (χ2v) is 11.0. The van der Waals surface area contributed by atoms with Gasteiger partial charge >= 0.3 is 0 Å². The van der Waals surface area contributed by atoms with Crippen LogP contribution in [0.15, 0.2) is 84.9 Å². The number of hydrogen-bond donors (Lipinski definition) is 0. The topological polar surface area (TPSA) is 45.6 Å². The minimum Gasteiger partial charge on any atom is -0.342 e. The molecule has 3 heterocycles. The van der Waals surface area contributed by atoms with E-state index in [9.17, 15) is 9.59 Å². The van der Waals surface area contributed by atoms with Gasteiger partial charge in [0.05, 0.1) is 0 Å². The van der Waals surface area contributed by atoms with Gasteiger partial charge in [-0.05, 0) is 54.7 Å². The fourth-order valence-electron chi connectivity index (χ4n) is 6.04. The Kier molecular flexibility index (Phi) is 6.94. The van der Waals surface area contributed by atoms with Crippen molar-refractivity contribution in [2.24, 2.45) is 5.92 Å². The number of likely N-dealkylation sites (tertiary alicyclic amines) is 2. The van der Waals surface area contributed by atoms with Crippen LogP contribution in [0.3, 0.4) is 0 Å². The Morgan fingerprint density at radius 2 is 1.47 bits per heavy atom. The van der Waals surface area contributed by atoms with Gasteiger partial charge < -0.3 is 14.4 Å². The smallest absolute Gasteiger partial charge is 0.270 e. The quantitative estimate of drug-likeness (QED) is 0.311. The van der Waals surface area contributed by atoms with Gasteiger partial charge in [-0.2, -0.15) is 0 Å². The molecule has 5 nitrogen and oxygen atoms in total. The van der Waals surface area contributed by atoms with Gasteiger partial charge in [0, 0.05) is 60.5 Å². The van der Waals surface area contributed by atoms with Crippen LogP contribution in [0.5, 0.6) is 0 Å². The van der Waals surface area contributed by atoms with Crippen LogP contribution < -0.4 is 0 Å². The summed E-state index contributed by atoms with van der Waals surface area (Å²) in [5.74, 6) is 0.705. The molecule has 0 aliphatic carbocycles. The number of carbonyl (C=O) groups is 2. The van der Waals surface area contributed by atoms with Crippen molar-refractivity contribution in [2.75, 3.05) is 26.2 Å². The number of fused-ring (bicyclic) bond motifs is 1. The molecule has 38 heavy (non-hydrogen) atoms. The Labute approximate surface area is 228 Å². The van der Waals surface area contributed by atoms with Gasteiger partial charge in [0.15, 0.2) is 0 Å². The molecule has 3 aromatic carbocycles. The third-order valence-electron chi connectivity index (χ3n) is 8.19. The van der Waals surface area contributed by atoms with E-state index in [1.165, 1.54) is 5.56 Å². The van der Waals surface area contributed by atoms with Gasteiger partial charge in [-0.3, -0.25) is 9.59 Å². The Bertz CT molecular complexity index is 1440. The SMILES string of the molecule is O=C(c1cc2ccccc2n1Cc1ccc(Cl)cc1)N1CCC(C(=O)N2CCC(c3ccccc3)C2)CC1. The van der Waals surface area contributed by atoms with E-state index in [1.807, 2.05) is 64.4 Å². The van der Waals surface area contributed by atoms with Gasteiger partial charge in [-0.1, -0.05) is 72.3 Å².